The highest BCUT2D eigenvalue weighted by molar-refractivity contribution is 7.91. The molecule has 0 saturated heterocycles. The van der Waals surface area contributed by atoms with Crippen LogP contribution in [-0.2, 0) is 19.4 Å². The number of sulfone groups is 1. The van der Waals surface area contributed by atoms with Crippen LogP contribution in [0, 0.1) is 21.7 Å². The molecule has 9 heteroatoms. The van der Waals surface area contributed by atoms with E-state index in [9.17, 15) is 18.0 Å². The molecular weight excluding hydrogens is 657 g/mol. The fourth-order valence-electron chi connectivity index (χ4n) is 5.57. The van der Waals surface area contributed by atoms with Crippen molar-refractivity contribution in [2.24, 2.45) is 42.1 Å². The molecular formula is C42H50N4O4S. The molecule has 0 amide bonds. The number of ketones is 2. The van der Waals surface area contributed by atoms with Crippen LogP contribution in [0.3, 0.4) is 0 Å². The van der Waals surface area contributed by atoms with Gasteiger partial charge in [-0.3, -0.25) is 9.59 Å². The van der Waals surface area contributed by atoms with Gasteiger partial charge in [-0.05, 0) is 93.5 Å². The molecule has 2 aromatic carbocycles. The zero-order valence-electron chi connectivity index (χ0n) is 31.9. The highest BCUT2D eigenvalue weighted by Crippen LogP contribution is 2.40. The van der Waals surface area contributed by atoms with Gasteiger partial charge in [-0.2, -0.15) is 20.5 Å². The summed E-state index contributed by atoms with van der Waals surface area (Å²) in [5, 5.41) is 17.1. The summed E-state index contributed by atoms with van der Waals surface area (Å²) >= 11 is 0. The molecule has 0 aliphatic heterocycles. The van der Waals surface area contributed by atoms with Gasteiger partial charge in [-0.25, -0.2) is 8.42 Å². The van der Waals surface area contributed by atoms with Crippen LogP contribution in [0.25, 0.3) is 0 Å². The average molecular weight is 707 g/mol. The maximum absolute atomic E-state index is 13.7. The monoisotopic (exact) mass is 706 g/mol. The second-order valence-electron chi connectivity index (χ2n) is 17.1. The molecule has 0 heterocycles. The lowest BCUT2D eigenvalue weighted by Gasteiger charge is -2.31. The van der Waals surface area contributed by atoms with Crippen LogP contribution in [0.2, 0.25) is 0 Å². The van der Waals surface area contributed by atoms with E-state index in [0.29, 0.717) is 33.7 Å². The normalized spacial score (nSPS) is 16.7. The third kappa shape index (κ3) is 9.38. The number of rotatable bonds is 6. The van der Waals surface area contributed by atoms with E-state index in [1.54, 1.807) is 36.7 Å². The Morgan fingerprint density at radius 1 is 0.490 bits per heavy atom. The largest absolute Gasteiger partial charge is 0.289 e. The molecule has 4 rings (SSSR count). The molecule has 51 heavy (non-hydrogen) atoms. The molecule has 0 unspecified atom stereocenters. The Morgan fingerprint density at radius 3 is 1.06 bits per heavy atom. The molecule has 2 aliphatic rings. The summed E-state index contributed by atoms with van der Waals surface area (Å²) in [5.41, 5.74) is 3.60. The van der Waals surface area contributed by atoms with Gasteiger partial charge in [0, 0.05) is 22.3 Å². The molecule has 268 valence electrons. The Labute approximate surface area is 303 Å². The standard InChI is InChI=1S/C42H50N4O4S/c1-39(2,3)33-19-27(20-34(37(33)47)40(4,5)6)25-43-45-29-15-13-17-31(23-29)51(49,50)32-18-14-16-30(24-32)46-44-26-28-21-35(41(7,8)9)38(48)36(22-28)42(10,11)12/h13-26H,1-12H3. The van der Waals surface area contributed by atoms with Gasteiger partial charge in [0.05, 0.1) is 33.6 Å². The number of carbonyl (C=O) groups is 2. The van der Waals surface area contributed by atoms with Gasteiger partial charge in [0.2, 0.25) is 9.84 Å². The third-order valence-corrected chi connectivity index (χ3v) is 10.2. The fourth-order valence-corrected chi connectivity index (χ4v) is 6.91. The zero-order chi connectivity index (χ0) is 38.2. The van der Waals surface area contributed by atoms with Crippen molar-refractivity contribution in [3.63, 3.8) is 0 Å². The topological polar surface area (TPSA) is 118 Å². The lowest BCUT2D eigenvalue weighted by atomic mass is 9.72. The van der Waals surface area contributed by atoms with Crippen molar-refractivity contribution in [1.82, 2.24) is 0 Å². The first-order valence-corrected chi connectivity index (χ1v) is 18.5. The van der Waals surface area contributed by atoms with Crippen LogP contribution in [0.5, 0.6) is 0 Å². The lowest BCUT2D eigenvalue weighted by molar-refractivity contribution is -0.114. The maximum Gasteiger partial charge on any atom is 0.206 e. The highest BCUT2D eigenvalue weighted by atomic mass is 32.2. The highest BCUT2D eigenvalue weighted by Gasteiger charge is 2.35. The molecule has 0 aromatic heterocycles. The molecule has 0 bridgehead atoms. The Balaban J connectivity index is 1.60. The van der Waals surface area contributed by atoms with Gasteiger partial charge >= 0.3 is 0 Å². The number of azo groups is 2. The van der Waals surface area contributed by atoms with E-state index >= 15 is 0 Å². The van der Waals surface area contributed by atoms with E-state index in [1.165, 1.54) is 24.3 Å². The number of nitrogens with zero attached hydrogens (tertiary/aromatic N) is 4. The first-order chi connectivity index (χ1) is 23.4. The molecule has 0 fully saturated rings. The minimum Gasteiger partial charge on any atom is -0.289 e. The number of Topliss-reactive ketones (excluding diaryl/α,β-unsaturated/α-hetero) is 2. The Hall–Kier alpha value is -4.63. The summed E-state index contributed by atoms with van der Waals surface area (Å²) in [6.07, 6.45) is 10.5. The van der Waals surface area contributed by atoms with Crippen molar-refractivity contribution < 1.29 is 18.0 Å². The van der Waals surface area contributed by atoms with Gasteiger partial charge in [0.1, 0.15) is 0 Å². The molecule has 0 spiro atoms. The second kappa shape index (κ2) is 14.2. The van der Waals surface area contributed by atoms with Gasteiger partial charge in [-0.15, -0.1) is 0 Å². The first-order valence-electron chi connectivity index (χ1n) is 17.0. The molecule has 2 aromatic rings. The summed E-state index contributed by atoms with van der Waals surface area (Å²) in [5.74, 6) is 0.0651. The van der Waals surface area contributed by atoms with Crippen LogP contribution >= 0.6 is 0 Å². The van der Waals surface area contributed by atoms with Crippen molar-refractivity contribution in [3.8, 4) is 0 Å². The van der Waals surface area contributed by atoms with Crippen LogP contribution in [-0.4, -0.2) is 20.0 Å². The van der Waals surface area contributed by atoms with Crippen molar-refractivity contribution in [2.75, 3.05) is 0 Å². The van der Waals surface area contributed by atoms with Crippen molar-refractivity contribution in [2.45, 2.75) is 92.9 Å². The Kier molecular flexibility index (Phi) is 10.9. The van der Waals surface area contributed by atoms with E-state index < -0.39 is 9.84 Å². The fraction of sp³-hybridized carbons (Fsp3) is 0.381. The predicted octanol–water partition coefficient (Wildman–Crippen LogP) is 11.5. The summed E-state index contributed by atoms with van der Waals surface area (Å²) in [4.78, 5) is 26.6. The number of carbonyl (C=O) groups excluding carboxylic acids is 2. The van der Waals surface area contributed by atoms with E-state index in [0.717, 1.165) is 11.1 Å². The first kappa shape index (κ1) is 39.2. The van der Waals surface area contributed by atoms with E-state index in [-0.39, 0.29) is 43.0 Å². The van der Waals surface area contributed by atoms with Gasteiger partial charge in [0.25, 0.3) is 0 Å². The predicted molar refractivity (Wildman–Crippen MR) is 204 cm³/mol. The molecule has 0 saturated carbocycles. The quantitative estimate of drug-likeness (QED) is 0.278. The lowest BCUT2D eigenvalue weighted by Crippen LogP contribution is -2.27. The SMILES string of the molecule is CC(C)(C)C1=CC(=CN=Nc2cccc(S(=O)(=O)c3cccc(N=NC=C4C=C(C(C)(C)C)C(=O)C(C(C)(C)C)=C4)c3)c2)C=C(C(C)(C)C)C1=O. The summed E-state index contributed by atoms with van der Waals surface area (Å²) < 4.78 is 27.4. The zero-order valence-corrected chi connectivity index (χ0v) is 32.7. The summed E-state index contributed by atoms with van der Waals surface area (Å²) in [7, 11) is -3.93. The number of benzene rings is 2. The van der Waals surface area contributed by atoms with Crippen LogP contribution in [0.15, 0.2) is 149 Å². The van der Waals surface area contributed by atoms with Crippen molar-refractivity contribution in [3.05, 3.63) is 119 Å². The summed E-state index contributed by atoms with van der Waals surface area (Å²) in [6, 6.07) is 12.5. The number of allylic oxidation sites excluding steroid dienone is 10. The smallest absolute Gasteiger partial charge is 0.206 e. The van der Waals surface area contributed by atoms with Gasteiger partial charge < -0.3 is 0 Å². The third-order valence-electron chi connectivity index (χ3n) is 8.47. The van der Waals surface area contributed by atoms with E-state index in [1.807, 2.05) is 107 Å². The average Bonchev–Trinajstić information content (AvgIpc) is 3.00. The van der Waals surface area contributed by atoms with Crippen LogP contribution in [0.1, 0.15) is 83.1 Å². The summed E-state index contributed by atoms with van der Waals surface area (Å²) in [6.45, 7) is 24.1. The number of hydrogen-bond acceptors (Lipinski definition) is 8. The van der Waals surface area contributed by atoms with Crippen LogP contribution < -0.4 is 0 Å². The second-order valence-corrected chi connectivity index (χ2v) is 19.0. The Bertz CT molecular complexity index is 1890. The maximum atomic E-state index is 13.7. The molecule has 8 nitrogen and oxygen atoms in total. The molecule has 0 atom stereocenters. The molecule has 2 aliphatic carbocycles. The van der Waals surface area contributed by atoms with Crippen molar-refractivity contribution in [1.29, 1.82) is 0 Å². The minimum atomic E-state index is -3.93. The number of hydrogen-bond donors (Lipinski definition) is 0. The molecule has 0 radical (unpaired) electrons. The minimum absolute atomic E-state index is 0.0326. The van der Waals surface area contributed by atoms with Crippen LogP contribution in [0.4, 0.5) is 11.4 Å². The van der Waals surface area contributed by atoms with Gasteiger partial charge in [-0.1, -0.05) is 95.2 Å². The molecule has 0 N–H and O–H groups in total. The van der Waals surface area contributed by atoms with E-state index in [4.69, 9.17) is 0 Å². The van der Waals surface area contributed by atoms with Crippen molar-refractivity contribution >= 4 is 32.8 Å². The Morgan fingerprint density at radius 2 is 0.784 bits per heavy atom. The van der Waals surface area contributed by atoms with E-state index in [2.05, 4.69) is 20.5 Å². The van der Waals surface area contributed by atoms with Gasteiger partial charge in [0.15, 0.2) is 11.6 Å².